The second-order valence-electron chi connectivity index (χ2n) is 6.87. The Morgan fingerprint density at radius 3 is 2.41 bits per heavy atom. The van der Waals surface area contributed by atoms with Crippen LogP contribution in [0, 0.1) is 6.92 Å². The molecule has 0 aliphatic rings. The minimum Gasteiger partial charge on any atom is -0.370 e. The molecule has 2 rings (SSSR count). The number of hydrogen-bond donors (Lipinski definition) is 0. The van der Waals surface area contributed by atoms with Gasteiger partial charge in [0.1, 0.15) is 6.54 Å². The van der Waals surface area contributed by atoms with Crippen LogP contribution in [-0.2, 0) is 23.3 Å². The number of benzene rings is 1. The molecule has 22 heavy (non-hydrogen) atoms. The van der Waals surface area contributed by atoms with Gasteiger partial charge < -0.3 is 4.74 Å². The van der Waals surface area contributed by atoms with E-state index in [2.05, 4.69) is 63.6 Å². The fraction of sp³-hybridized carbons (Fsp3) is 0.474. The fourth-order valence-electron chi connectivity index (χ4n) is 2.30. The summed E-state index contributed by atoms with van der Waals surface area (Å²) < 4.78 is 8.09. The van der Waals surface area contributed by atoms with Gasteiger partial charge in [-0.2, -0.15) is 0 Å². The van der Waals surface area contributed by atoms with Crippen molar-refractivity contribution in [2.45, 2.75) is 59.3 Å². The van der Waals surface area contributed by atoms with E-state index in [9.17, 15) is 0 Å². The molecule has 0 saturated carbocycles. The third-order valence-corrected chi connectivity index (χ3v) is 3.71. The maximum atomic E-state index is 5.94. The van der Waals surface area contributed by atoms with Gasteiger partial charge in [-0.1, -0.05) is 56.1 Å². The highest BCUT2D eigenvalue weighted by atomic mass is 16.5. The molecule has 0 radical (unpaired) electrons. The van der Waals surface area contributed by atoms with Crippen molar-refractivity contribution >= 4 is 0 Å². The van der Waals surface area contributed by atoms with Crippen molar-refractivity contribution in [3.05, 3.63) is 59.7 Å². The van der Waals surface area contributed by atoms with Crippen LogP contribution in [0.25, 0.3) is 0 Å². The molecule has 0 aliphatic heterocycles. The van der Waals surface area contributed by atoms with E-state index in [1.807, 2.05) is 18.2 Å². The molecular weight excluding hydrogens is 272 g/mol. The van der Waals surface area contributed by atoms with Crippen LogP contribution in [0.4, 0.5) is 0 Å². The van der Waals surface area contributed by atoms with Crippen LogP contribution in [0.15, 0.2) is 42.6 Å². The van der Waals surface area contributed by atoms with Crippen LogP contribution in [0.5, 0.6) is 0 Å². The van der Waals surface area contributed by atoms with Crippen LogP contribution in [0.2, 0.25) is 0 Å². The Kier molecular flexibility index (Phi) is 5.30. The minimum atomic E-state index is 0.0826. The molecule has 0 N–H and O–H groups in total. The van der Waals surface area contributed by atoms with Gasteiger partial charge in [-0.25, -0.2) is 4.57 Å². The van der Waals surface area contributed by atoms with E-state index >= 15 is 0 Å². The highest BCUT2D eigenvalue weighted by molar-refractivity contribution is 5.13. The molecule has 1 aromatic heterocycles. The Hall–Kier alpha value is -1.74. The topological polar surface area (TPSA) is 26.0 Å². The standard InChI is InChI=1S/C19H27N2O/c1-15(22-14-17-9-7-6-8-10-17)13-21-12-11-18(19(3,4)5)20-16(21)2/h6-12,15H,13-14H2,1-5H3/q+1. The van der Waals surface area contributed by atoms with E-state index in [1.165, 1.54) is 5.56 Å². The highest BCUT2D eigenvalue weighted by Crippen LogP contribution is 2.18. The lowest BCUT2D eigenvalue weighted by Crippen LogP contribution is -2.43. The van der Waals surface area contributed by atoms with Crippen molar-refractivity contribution in [3.8, 4) is 0 Å². The van der Waals surface area contributed by atoms with Gasteiger partial charge in [0.05, 0.1) is 18.9 Å². The maximum Gasteiger partial charge on any atom is 0.295 e. The normalized spacial score (nSPS) is 13.1. The molecule has 1 atom stereocenters. The van der Waals surface area contributed by atoms with E-state index in [0.29, 0.717) is 6.61 Å². The Balaban J connectivity index is 1.95. The smallest absolute Gasteiger partial charge is 0.295 e. The van der Waals surface area contributed by atoms with E-state index in [-0.39, 0.29) is 11.5 Å². The Morgan fingerprint density at radius 2 is 1.82 bits per heavy atom. The first-order valence-electron chi connectivity index (χ1n) is 7.89. The first kappa shape index (κ1) is 16.6. The second kappa shape index (κ2) is 7.01. The number of aromatic nitrogens is 2. The van der Waals surface area contributed by atoms with Crippen LogP contribution >= 0.6 is 0 Å². The maximum absolute atomic E-state index is 5.94. The van der Waals surface area contributed by atoms with Crippen molar-refractivity contribution in [3.63, 3.8) is 0 Å². The summed E-state index contributed by atoms with van der Waals surface area (Å²) in [6.07, 6.45) is 2.26. The number of nitrogens with zero attached hydrogens (tertiary/aromatic N) is 2. The molecule has 0 bridgehead atoms. The lowest BCUT2D eigenvalue weighted by molar-refractivity contribution is -0.712. The minimum absolute atomic E-state index is 0.0826. The lowest BCUT2D eigenvalue weighted by Gasteiger charge is -2.15. The van der Waals surface area contributed by atoms with Gasteiger partial charge in [-0.15, -0.1) is 0 Å². The molecule has 0 aliphatic carbocycles. The van der Waals surface area contributed by atoms with Crippen molar-refractivity contribution in [2.75, 3.05) is 0 Å². The largest absolute Gasteiger partial charge is 0.370 e. The van der Waals surface area contributed by atoms with Crippen LogP contribution in [-0.4, -0.2) is 11.1 Å². The molecule has 3 nitrogen and oxygen atoms in total. The van der Waals surface area contributed by atoms with Crippen molar-refractivity contribution in [2.24, 2.45) is 0 Å². The first-order valence-corrected chi connectivity index (χ1v) is 7.89. The molecule has 0 spiro atoms. The molecule has 1 heterocycles. The van der Waals surface area contributed by atoms with Gasteiger partial charge >= 0.3 is 0 Å². The zero-order chi connectivity index (χ0) is 16.2. The average molecular weight is 299 g/mol. The summed E-state index contributed by atoms with van der Waals surface area (Å²) in [7, 11) is 0. The molecule has 1 aromatic carbocycles. The van der Waals surface area contributed by atoms with E-state index in [4.69, 9.17) is 9.72 Å². The van der Waals surface area contributed by atoms with Crippen LogP contribution < -0.4 is 4.57 Å². The van der Waals surface area contributed by atoms with Gasteiger partial charge in [0.25, 0.3) is 5.82 Å². The molecule has 0 fully saturated rings. The lowest BCUT2D eigenvalue weighted by atomic mass is 9.92. The zero-order valence-electron chi connectivity index (χ0n) is 14.3. The van der Waals surface area contributed by atoms with E-state index in [1.54, 1.807) is 0 Å². The molecule has 3 heteroatoms. The molecule has 0 saturated heterocycles. The molecule has 0 amide bonds. The third-order valence-electron chi connectivity index (χ3n) is 3.71. The van der Waals surface area contributed by atoms with Crippen molar-refractivity contribution in [1.29, 1.82) is 0 Å². The summed E-state index contributed by atoms with van der Waals surface area (Å²) in [4.78, 5) is 4.72. The summed E-state index contributed by atoms with van der Waals surface area (Å²) in [5.74, 6) is 1.03. The molecule has 2 aromatic rings. The summed E-state index contributed by atoms with van der Waals surface area (Å²) >= 11 is 0. The number of rotatable bonds is 5. The van der Waals surface area contributed by atoms with Crippen LogP contribution in [0.3, 0.4) is 0 Å². The summed E-state index contributed by atoms with van der Waals surface area (Å²) in [5, 5.41) is 0. The average Bonchev–Trinajstić information content (AvgIpc) is 2.47. The third kappa shape index (κ3) is 4.63. The van der Waals surface area contributed by atoms with Crippen molar-refractivity contribution < 1.29 is 9.30 Å². The van der Waals surface area contributed by atoms with Gasteiger partial charge in [-0.3, -0.25) is 0 Å². The SMILES string of the molecule is Cc1nc(C(C)(C)C)cc[n+]1CC(C)OCc1ccccc1. The van der Waals surface area contributed by atoms with E-state index in [0.717, 1.165) is 18.1 Å². The Labute approximate surface area is 134 Å². The van der Waals surface area contributed by atoms with Gasteiger partial charge in [0, 0.05) is 18.4 Å². The summed E-state index contributed by atoms with van der Waals surface area (Å²) in [5.41, 5.74) is 2.41. The monoisotopic (exact) mass is 299 g/mol. The van der Waals surface area contributed by atoms with Crippen LogP contribution in [0.1, 0.15) is 44.8 Å². The summed E-state index contributed by atoms with van der Waals surface area (Å²) in [6.45, 7) is 12.2. The first-order chi connectivity index (χ1) is 10.4. The number of aryl methyl sites for hydroxylation is 1. The molecule has 118 valence electrons. The quantitative estimate of drug-likeness (QED) is 0.789. The number of hydrogen-bond acceptors (Lipinski definition) is 2. The number of ether oxygens (including phenoxy) is 1. The Morgan fingerprint density at radius 1 is 1.14 bits per heavy atom. The van der Waals surface area contributed by atoms with E-state index < -0.39 is 0 Å². The predicted octanol–water partition coefficient (Wildman–Crippen LogP) is 3.58. The van der Waals surface area contributed by atoms with Crippen molar-refractivity contribution in [1.82, 2.24) is 4.98 Å². The molecular formula is C19H27N2O+. The Bertz CT molecular complexity index is 603. The molecule has 1 unspecified atom stereocenters. The summed E-state index contributed by atoms with van der Waals surface area (Å²) in [6, 6.07) is 12.4. The highest BCUT2D eigenvalue weighted by Gasteiger charge is 2.22. The van der Waals surface area contributed by atoms with Gasteiger partial charge in [0.2, 0.25) is 0 Å². The fourth-order valence-corrected chi connectivity index (χ4v) is 2.30. The zero-order valence-corrected chi connectivity index (χ0v) is 14.3. The van der Waals surface area contributed by atoms with Gasteiger partial charge in [0.15, 0.2) is 5.69 Å². The predicted molar refractivity (Wildman–Crippen MR) is 88.6 cm³/mol. The van der Waals surface area contributed by atoms with Gasteiger partial charge in [-0.05, 0) is 12.5 Å². The second-order valence-corrected chi connectivity index (χ2v) is 6.87.